The van der Waals surface area contributed by atoms with Gasteiger partial charge in [0.1, 0.15) is 5.75 Å². The summed E-state index contributed by atoms with van der Waals surface area (Å²) >= 11 is 1.39. The van der Waals surface area contributed by atoms with E-state index < -0.39 is 4.92 Å². The van der Waals surface area contributed by atoms with Crippen LogP contribution < -0.4 is 4.74 Å². The highest BCUT2D eigenvalue weighted by Gasteiger charge is 2.15. The van der Waals surface area contributed by atoms with Crippen LogP contribution in [0.25, 0.3) is 0 Å². The molecular weight excluding hydrogens is 266 g/mol. The maximum Gasteiger partial charge on any atom is 0.310 e. The number of nitrogens with zero attached hydrogens (tertiary/aromatic N) is 1. The number of nitro groups is 1. The largest absolute Gasteiger partial charge is 0.508 e. The number of methoxy groups -OCH3 is 1. The Morgan fingerprint density at radius 2 is 1.95 bits per heavy atom. The van der Waals surface area contributed by atoms with E-state index in [0.29, 0.717) is 0 Å². The number of ether oxygens (including phenoxy) is 1. The average molecular weight is 277 g/mol. The molecule has 6 heteroatoms. The van der Waals surface area contributed by atoms with E-state index >= 15 is 0 Å². The summed E-state index contributed by atoms with van der Waals surface area (Å²) in [5.41, 5.74) is -0.0669. The Morgan fingerprint density at radius 3 is 2.58 bits per heavy atom. The van der Waals surface area contributed by atoms with Crippen molar-refractivity contribution in [2.24, 2.45) is 0 Å². The van der Waals surface area contributed by atoms with E-state index in [2.05, 4.69) is 0 Å². The normalized spacial score (nSPS) is 10.2. The topological polar surface area (TPSA) is 72.6 Å². The zero-order valence-electron chi connectivity index (χ0n) is 10.1. The van der Waals surface area contributed by atoms with Gasteiger partial charge >= 0.3 is 5.69 Å². The molecule has 0 amide bonds. The third-order valence-corrected chi connectivity index (χ3v) is 3.38. The minimum Gasteiger partial charge on any atom is -0.508 e. The van der Waals surface area contributed by atoms with Gasteiger partial charge in [-0.15, -0.1) is 0 Å². The number of hydrogen-bond donors (Lipinski definition) is 1. The first kappa shape index (κ1) is 13.2. The predicted octanol–water partition coefficient (Wildman–Crippen LogP) is 3.46. The van der Waals surface area contributed by atoms with E-state index in [4.69, 9.17) is 4.74 Å². The predicted molar refractivity (Wildman–Crippen MR) is 71.9 cm³/mol. The molecule has 2 rings (SSSR count). The summed E-state index contributed by atoms with van der Waals surface area (Å²) in [7, 11) is 1.39. The van der Waals surface area contributed by atoms with Gasteiger partial charge in [0.2, 0.25) is 0 Å². The van der Waals surface area contributed by atoms with Crippen LogP contribution in [0.5, 0.6) is 11.5 Å². The molecular formula is C13H11NO4S. The lowest BCUT2D eigenvalue weighted by atomic mass is 10.3. The van der Waals surface area contributed by atoms with Crippen LogP contribution in [-0.4, -0.2) is 17.1 Å². The summed E-state index contributed by atoms with van der Waals surface area (Å²) < 4.78 is 5.00. The lowest BCUT2D eigenvalue weighted by Crippen LogP contribution is -1.93. The van der Waals surface area contributed by atoms with Crippen LogP contribution in [0.2, 0.25) is 0 Å². The van der Waals surface area contributed by atoms with Crippen LogP contribution in [0.1, 0.15) is 0 Å². The van der Waals surface area contributed by atoms with Gasteiger partial charge in [0, 0.05) is 21.9 Å². The molecule has 0 spiro atoms. The molecule has 5 nitrogen and oxygen atoms in total. The fraction of sp³-hybridized carbons (Fsp3) is 0.0769. The first-order valence-corrected chi connectivity index (χ1v) is 6.21. The molecule has 0 saturated carbocycles. The van der Waals surface area contributed by atoms with Crippen LogP contribution in [0.3, 0.4) is 0 Å². The van der Waals surface area contributed by atoms with Crippen molar-refractivity contribution in [1.29, 1.82) is 0 Å². The Balaban J connectivity index is 2.29. The summed E-state index contributed by atoms with van der Waals surface area (Å²) in [6.07, 6.45) is 0. The lowest BCUT2D eigenvalue weighted by Gasteiger charge is -2.05. The Morgan fingerprint density at radius 1 is 1.21 bits per heavy atom. The first-order valence-electron chi connectivity index (χ1n) is 5.39. The Labute approximate surface area is 114 Å². The number of aromatic hydroxyl groups is 1. The second-order valence-electron chi connectivity index (χ2n) is 3.69. The van der Waals surface area contributed by atoms with Crippen molar-refractivity contribution in [2.45, 2.75) is 9.79 Å². The lowest BCUT2D eigenvalue weighted by molar-refractivity contribution is -0.385. The second kappa shape index (κ2) is 5.62. The van der Waals surface area contributed by atoms with Gasteiger partial charge in [0.05, 0.1) is 12.0 Å². The molecule has 0 saturated heterocycles. The Hall–Kier alpha value is -2.21. The van der Waals surface area contributed by atoms with Gasteiger partial charge in [-0.25, -0.2) is 0 Å². The molecule has 0 aliphatic heterocycles. The van der Waals surface area contributed by atoms with Crippen molar-refractivity contribution in [3.05, 3.63) is 52.6 Å². The highest BCUT2D eigenvalue weighted by Crippen LogP contribution is 2.35. The number of rotatable bonds is 4. The Kier molecular flexibility index (Phi) is 3.91. The molecule has 0 bridgehead atoms. The molecule has 98 valence electrons. The SMILES string of the molecule is COc1cc(Sc2cccc(O)c2)ccc1[N+](=O)[O-]. The van der Waals surface area contributed by atoms with E-state index in [0.717, 1.165) is 9.79 Å². The maximum absolute atomic E-state index is 10.8. The minimum absolute atomic E-state index is 0.0669. The van der Waals surface area contributed by atoms with Crippen LogP contribution >= 0.6 is 11.8 Å². The number of phenols is 1. The molecule has 0 fully saturated rings. The smallest absolute Gasteiger partial charge is 0.310 e. The number of benzene rings is 2. The van der Waals surface area contributed by atoms with Gasteiger partial charge < -0.3 is 9.84 Å². The van der Waals surface area contributed by atoms with Crippen molar-refractivity contribution in [1.82, 2.24) is 0 Å². The minimum atomic E-state index is -0.484. The Bertz CT molecular complexity index is 615. The van der Waals surface area contributed by atoms with Crippen LogP contribution in [0.15, 0.2) is 52.3 Å². The molecule has 2 aromatic rings. The maximum atomic E-state index is 10.8. The second-order valence-corrected chi connectivity index (χ2v) is 4.84. The average Bonchev–Trinajstić information content (AvgIpc) is 2.38. The summed E-state index contributed by atoms with van der Waals surface area (Å²) in [5, 5.41) is 20.2. The number of nitro benzene ring substituents is 1. The summed E-state index contributed by atoms with van der Waals surface area (Å²) in [6.45, 7) is 0. The summed E-state index contributed by atoms with van der Waals surface area (Å²) in [6, 6.07) is 11.4. The summed E-state index contributed by atoms with van der Waals surface area (Å²) in [5.74, 6) is 0.397. The van der Waals surface area contributed by atoms with Gasteiger partial charge in [-0.1, -0.05) is 17.8 Å². The molecule has 0 atom stereocenters. The monoisotopic (exact) mass is 277 g/mol. The van der Waals surface area contributed by atoms with Gasteiger partial charge in [-0.3, -0.25) is 10.1 Å². The van der Waals surface area contributed by atoms with Crippen molar-refractivity contribution in [3.8, 4) is 11.5 Å². The zero-order chi connectivity index (χ0) is 13.8. The van der Waals surface area contributed by atoms with Crippen molar-refractivity contribution in [3.63, 3.8) is 0 Å². The van der Waals surface area contributed by atoms with Crippen molar-refractivity contribution in [2.75, 3.05) is 7.11 Å². The molecule has 0 radical (unpaired) electrons. The van der Waals surface area contributed by atoms with Crippen LogP contribution in [0, 0.1) is 10.1 Å². The quantitative estimate of drug-likeness (QED) is 0.684. The third kappa shape index (κ3) is 3.17. The molecule has 0 aromatic heterocycles. The molecule has 2 aromatic carbocycles. The molecule has 0 aliphatic rings. The van der Waals surface area contributed by atoms with Gasteiger partial charge in [0.15, 0.2) is 5.75 Å². The first-order chi connectivity index (χ1) is 9.10. The van der Waals surface area contributed by atoms with Crippen LogP contribution in [0.4, 0.5) is 5.69 Å². The third-order valence-electron chi connectivity index (χ3n) is 2.40. The molecule has 1 N–H and O–H groups in total. The van der Waals surface area contributed by atoms with Gasteiger partial charge in [0.25, 0.3) is 0 Å². The van der Waals surface area contributed by atoms with E-state index in [1.807, 2.05) is 6.07 Å². The highest BCUT2D eigenvalue weighted by atomic mass is 32.2. The highest BCUT2D eigenvalue weighted by molar-refractivity contribution is 7.99. The van der Waals surface area contributed by atoms with Gasteiger partial charge in [-0.2, -0.15) is 0 Å². The summed E-state index contributed by atoms with van der Waals surface area (Å²) in [4.78, 5) is 11.9. The van der Waals surface area contributed by atoms with Crippen molar-refractivity contribution < 1.29 is 14.8 Å². The fourth-order valence-electron chi connectivity index (χ4n) is 1.56. The molecule has 19 heavy (non-hydrogen) atoms. The standard InChI is InChI=1S/C13H11NO4S/c1-18-13-8-11(5-6-12(13)14(16)17)19-10-4-2-3-9(15)7-10/h2-8,15H,1H3. The molecule has 0 aliphatic carbocycles. The fourth-order valence-corrected chi connectivity index (χ4v) is 2.46. The van der Waals surface area contributed by atoms with Crippen LogP contribution in [-0.2, 0) is 0 Å². The number of phenolic OH excluding ortho intramolecular Hbond substituents is 1. The van der Waals surface area contributed by atoms with E-state index in [1.54, 1.807) is 30.3 Å². The van der Waals surface area contributed by atoms with Crippen molar-refractivity contribution >= 4 is 17.4 Å². The van der Waals surface area contributed by atoms with E-state index in [-0.39, 0.29) is 17.2 Å². The van der Waals surface area contributed by atoms with E-state index in [9.17, 15) is 15.2 Å². The van der Waals surface area contributed by atoms with E-state index in [1.165, 1.54) is 24.9 Å². The molecule has 0 unspecified atom stereocenters. The van der Waals surface area contributed by atoms with Gasteiger partial charge in [-0.05, 0) is 24.3 Å². The number of hydrogen-bond acceptors (Lipinski definition) is 5. The zero-order valence-corrected chi connectivity index (χ0v) is 10.9. The molecule has 0 heterocycles.